The Morgan fingerprint density at radius 2 is 1.85 bits per heavy atom. The van der Waals surface area contributed by atoms with Gasteiger partial charge in [-0.25, -0.2) is 13.6 Å². The minimum Gasteiger partial charge on any atom is -0.261 e. The Kier molecular flexibility index (Phi) is 2.85. The molecule has 3 rings (SSSR count). The summed E-state index contributed by atoms with van der Waals surface area (Å²) in [5, 5.41) is 7.03. The number of nitrogens with zero attached hydrogens (tertiary/aromatic N) is 4. The summed E-state index contributed by atoms with van der Waals surface area (Å²) < 4.78 is 23.8. The molecule has 0 aliphatic heterocycles. The van der Waals surface area contributed by atoms with Crippen molar-refractivity contribution >= 4 is 28.0 Å². The molecule has 8 nitrogen and oxygen atoms in total. The maximum absolute atomic E-state index is 11.3. The average molecular weight is 308 g/mol. The fourth-order valence-electron chi connectivity index (χ4n) is 1.62. The Bertz CT molecular complexity index is 945. The highest BCUT2D eigenvalue weighted by atomic mass is 32.2. The molecule has 0 amide bonds. The van der Waals surface area contributed by atoms with Crippen LogP contribution in [0, 0.1) is 4.77 Å². The number of hydrogen-bond donors (Lipinski definition) is 2. The van der Waals surface area contributed by atoms with E-state index >= 15 is 0 Å². The molecule has 0 radical (unpaired) electrons. The van der Waals surface area contributed by atoms with Crippen molar-refractivity contribution in [3.63, 3.8) is 0 Å². The van der Waals surface area contributed by atoms with Crippen LogP contribution in [-0.2, 0) is 10.0 Å². The number of hydrogen-bond acceptors (Lipinski definition) is 6. The lowest BCUT2D eigenvalue weighted by Gasteiger charge is -1.99. The van der Waals surface area contributed by atoms with E-state index in [0.29, 0.717) is 5.82 Å². The average Bonchev–Trinajstić information content (AvgIpc) is 2.84. The summed E-state index contributed by atoms with van der Waals surface area (Å²) in [5.74, 6) is 0.455. The van der Waals surface area contributed by atoms with Gasteiger partial charge in [0.2, 0.25) is 4.77 Å². The Hall–Kier alpha value is -2.17. The van der Waals surface area contributed by atoms with Gasteiger partial charge in [0.15, 0.2) is 5.82 Å². The summed E-state index contributed by atoms with van der Waals surface area (Å²) in [5.41, 5.74) is 0.751. The zero-order valence-corrected chi connectivity index (χ0v) is 11.5. The molecule has 0 unspecified atom stereocenters. The fourth-order valence-corrected chi connectivity index (χ4v) is 2.26. The Labute approximate surface area is 118 Å². The van der Waals surface area contributed by atoms with Crippen LogP contribution in [0.5, 0.6) is 0 Å². The van der Waals surface area contributed by atoms with Crippen LogP contribution in [0.3, 0.4) is 0 Å². The van der Waals surface area contributed by atoms with Crippen molar-refractivity contribution in [1.29, 1.82) is 0 Å². The van der Waals surface area contributed by atoms with Gasteiger partial charge in [-0.05, 0) is 12.2 Å². The largest absolute Gasteiger partial charge is 0.273 e. The van der Waals surface area contributed by atoms with Gasteiger partial charge in [-0.2, -0.15) is 19.5 Å². The third-order valence-electron chi connectivity index (χ3n) is 2.51. The van der Waals surface area contributed by atoms with Gasteiger partial charge in [0.05, 0.1) is 0 Å². The number of nitrogens with two attached hydrogens (primary N) is 1. The summed E-state index contributed by atoms with van der Waals surface area (Å²) in [4.78, 5) is 12.1. The highest BCUT2D eigenvalue weighted by molar-refractivity contribution is 7.89. The van der Waals surface area contributed by atoms with E-state index in [2.05, 4.69) is 20.1 Å². The number of H-pyrrole nitrogens is 1. The number of fused-ring (bicyclic) bond motifs is 1. The van der Waals surface area contributed by atoms with Crippen LogP contribution in [0.2, 0.25) is 0 Å². The lowest BCUT2D eigenvalue weighted by Crippen LogP contribution is -2.14. The summed E-state index contributed by atoms with van der Waals surface area (Å²) in [6.07, 6.45) is 0. The first-order valence-corrected chi connectivity index (χ1v) is 7.35. The van der Waals surface area contributed by atoms with Crippen LogP contribution in [0.1, 0.15) is 0 Å². The molecule has 102 valence electrons. The summed E-state index contributed by atoms with van der Waals surface area (Å²) >= 11 is 5.08. The van der Waals surface area contributed by atoms with E-state index < -0.39 is 15.2 Å². The van der Waals surface area contributed by atoms with Crippen molar-refractivity contribution in [3.8, 4) is 11.4 Å². The quantitative estimate of drug-likeness (QED) is 0.665. The SMILES string of the molecule is NS(=O)(=O)c1nc2nc(-c3ccccc3)nc(=S)n2[nH]1. The minimum atomic E-state index is -3.96. The van der Waals surface area contributed by atoms with Gasteiger partial charge in [0, 0.05) is 5.56 Å². The second-order valence-electron chi connectivity index (χ2n) is 3.90. The molecule has 3 aromatic rings. The number of rotatable bonds is 2. The van der Waals surface area contributed by atoms with Gasteiger partial charge in [-0.15, -0.1) is 0 Å². The van der Waals surface area contributed by atoms with E-state index in [1.54, 1.807) is 0 Å². The highest BCUT2D eigenvalue weighted by Gasteiger charge is 2.16. The molecule has 20 heavy (non-hydrogen) atoms. The van der Waals surface area contributed by atoms with E-state index in [0.717, 1.165) is 5.56 Å². The molecule has 0 aliphatic rings. The smallest absolute Gasteiger partial charge is 0.261 e. The lowest BCUT2D eigenvalue weighted by molar-refractivity contribution is 0.588. The van der Waals surface area contributed by atoms with Crippen molar-refractivity contribution in [3.05, 3.63) is 35.1 Å². The second kappa shape index (κ2) is 4.44. The van der Waals surface area contributed by atoms with Gasteiger partial charge in [0.25, 0.3) is 21.0 Å². The van der Waals surface area contributed by atoms with E-state index in [1.807, 2.05) is 30.3 Å². The summed E-state index contributed by atoms with van der Waals surface area (Å²) in [6, 6.07) is 9.15. The van der Waals surface area contributed by atoms with Crippen LogP contribution in [0.4, 0.5) is 0 Å². The first-order chi connectivity index (χ1) is 9.45. The van der Waals surface area contributed by atoms with E-state index in [9.17, 15) is 8.42 Å². The molecule has 2 heterocycles. The third kappa shape index (κ3) is 2.19. The van der Waals surface area contributed by atoms with Gasteiger partial charge < -0.3 is 0 Å². The number of nitrogens with one attached hydrogen (secondary N) is 1. The number of aromatic nitrogens is 5. The first-order valence-electron chi connectivity index (χ1n) is 5.40. The fraction of sp³-hybridized carbons (Fsp3) is 0. The maximum atomic E-state index is 11.3. The van der Waals surface area contributed by atoms with Crippen molar-refractivity contribution < 1.29 is 8.42 Å². The molecule has 0 bridgehead atoms. The predicted octanol–water partition coefficient (Wildman–Crippen LogP) is 0.496. The highest BCUT2D eigenvalue weighted by Crippen LogP contribution is 2.14. The first kappa shape index (κ1) is 12.8. The number of aromatic amines is 1. The van der Waals surface area contributed by atoms with E-state index in [1.165, 1.54) is 4.52 Å². The molecule has 2 aromatic heterocycles. The molecule has 0 spiro atoms. The molecule has 0 saturated carbocycles. The number of sulfonamides is 1. The predicted molar refractivity (Wildman–Crippen MR) is 72.8 cm³/mol. The van der Waals surface area contributed by atoms with Crippen molar-refractivity contribution in [2.24, 2.45) is 5.14 Å². The van der Waals surface area contributed by atoms with Crippen LogP contribution in [0.15, 0.2) is 35.5 Å². The van der Waals surface area contributed by atoms with E-state index in [-0.39, 0.29) is 10.5 Å². The lowest BCUT2D eigenvalue weighted by atomic mass is 10.2. The van der Waals surface area contributed by atoms with Gasteiger partial charge in [-0.1, -0.05) is 30.3 Å². The summed E-state index contributed by atoms with van der Waals surface area (Å²) in [7, 11) is -3.96. The molecule has 10 heteroatoms. The zero-order chi connectivity index (χ0) is 14.3. The van der Waals surface area contributed by atoms with Crippen molar-refractivity contribution in [1.82, 2.24) is 24.6 Å². The summed E-state index contributed by atoms with van der Waals surface area (Å²) in [6.45, 7) is 0. The Morgan fingerprint density at radius 1 is 1.15 bits per heavy atom. The molecular weight excluding hydrogens is 300 g/mol. The molecule has 0 saturated heterocycles. The Balaban J connectivity index is 2.28. The number of benzene rings is 1. The van der Waals surface area contributed by atoms with Crippen LogP contribution < -0.4 is 5.14 Å². The van der Waals surface area contributed by atoms with Gasteiger partial charge >= 0.3 is 0 Å². The monoisotopic (exact) mass is 308 g/mol. The van der Waals surface area contributed by atoms with Crippen LogP contribution in [0.25, 0.3) is 17.2 Å². The molecule has 0 aliphatic carbocycles. The van der Waals surface area contributed by atoms with Crippen molar-refractivity contribution in [2.45, 2.75) is 5.16 Å². The standard InChI is InChI=1S/C10H8N6O2S2/c11-20(17,18)9-14-8-12-7(6-4-2-1-3-5-6)13-10(19)16(8)15-9/h1-5H,(H2,11,17,18)(H,12,13,14,15,19). The second-order valence-corrected chi connectivity index (χ2v) is 5.75. The van der Waals surface area contributed by atoms with Gasteiger partial charge in [-0.3, -0.25) is 5.10 Å². The normalized spacial score (nSPS) is 11.8. The molecule has 1 aromatic carbocycles. The third-order valence-corrected chi connectivity index (χ3v) is 3.50. The molecule has 0 fully saturated rings. The molecule has 3 N–H and O–H groups in total. The minimum absolute atomic E-state index is 0.0906. The molecule has 0 atom stereocenters. The number of primary sulfonamides is 1. The topological polar surface area (TPSA) is 119 Å². The maximum Gasteiger partial charge on any atom is 0.273 e. The Morgan fingerprint density at radius 3 is 2.50 bits per heavy atom. The van der Waals surface area contributed by atoms with E-state index in [4.69, 9.17) is 17.4 Å². The zero-order valence-electron chi connectivity index (χ0n) is 9.89. The van der Waals surface area contributed by atoms with Crippen LogP contribution >= 0.6 is 12.2 Å². The van der Waals surface area contributed by atoms with Crippen molar-refractivity contribution in [2.75, 3.05) is 0 Å². The molecular formula is C10H8N6O2S2. The van der Waals surface area contributed by atoms with Crippen LogP contribution in [-0.4, -0.2) is 33.0 Å². The van der Waals surface area contributed by atoms with Gasteiger partial charge in [0.1, 0.15) is 0 Å².